The quantitative estimate of drug-likeness (QED) is 0.574. The van der Waals surface area contributed by atoms with E-state index in [2.05, 4.69) is 5.32 Å². The Morgan fingerprint density at radius 2 is 1.71 bits per heavy atom. The third kappa shape index (κ3) is 6.47. The maximum atomic E-state index is 13.3. The third-order valence-corrected chi connectivity index (χ3v) is 6.66. The molecule has 4 nitrogen and oxygen atoms in total. The van der Waals surface area contributed by atoms with Crippen LogP contribution in [0.5, 0.6) is 0 Å². The van der Waals surface area contributed by atoms with Gasteiger partial charge in [0, 0.05) is 28.2 Å². The first-order chi connectivity index (χ1) is 14.8. The van der Waals surface area contributed by atoms with E-state index < -0.39 is 6.04 Å². The van der Waals surface area contributed by atoms with Crippen LogP contribution in [0.2, 0.25) is 10.0 Å². The van der Waals surface area contributed by atoms with Crippen LogP contribution >= 0.6 is 23.2 Å². The number of aryl methyl sites for hydroxylation is 1. The molecule has 1 aliphatic rings. The highest BCUT2D eigenvalue weighted by Crippen LogP contribution is 2.27. The molecular formula is C25H30Cl2N2O2. The molecule has 2 aromatic rings. The molecule has 1 aliphatic carbocycles. The lowest BCUT2D eigenvalue weighted by Gasteiger charge is -2.31. The second-order valence-electron chi connectivity index (χ2n) is 8.41. The SMILES string of the molecule is Cc1cccc(CC(=O)N(Cc2c(Cl)cccc2Cl)C(C)C(=O)NC2CCCCC2)c1. The molecule has 1 unspecified atom stereocenters. The lowest BCUT2D eigenvalue weighted by Crippen LogP contribution is -2.50. The minimum atomic E-state index is -0.633. The molecule has 166 valence electrons. The summed E-state index contributed by atoms with van der Waals surface area (Å²) in [6, 6.07) is 12.7. The first-order valence-electron chi connectivity index (χ1n) is 10.9. The Balaban J connectivity index is 1.81. The van der Waals surface area contributed by atoms with Crippen molar-refractivity contribution < 1.29 is 9.59 Å². The number of halogens is 2. The molecule has 1 saturated carbocycles. The maximum Gasteiger partial charge on any atom is 0.242 e. The molecule has 1 N–H and O–H groups in total. The number of carbonyl (C=O) groups excluding carboxylic acids is 2. The highest BCUT2D eigenvalue weighted by atomic mass is 35.5. The number of hydrogen-bond donors (Lipinski definition) is 1. The molecular weight excluding hydrogens is 431 g/mol. The fourth-order valence-corrected chi connectivity index (χ4v) is 4.62. The van der Waals surface area contributed by atoms with E-state index in [-0.39, 0.29) is 30.8 Å². The zero-order chi connectivity index (χ0) is 22.4. The Kier molecular flexibility index (Phi) is 8.39. The number of rotatable bonds is 7. The van der Waals surface area contributed by atoms with Crippen LogP contribution in [0, 0.1) is 6.92 Å². The molecule has 1 atom stereocenters. The van der Waals surface area contributed by atoms with Crippen molar-refractivity contribution in [3.8, 4) is 0 Å². The lowest BCUT2D eigenvalue weighted by molar-refractivity contribution is -0.140. The van der Waals surface area contributed by atoms with E-state index in [1.807, 2.05) is 31.2 Å². The average Bonchev–Trinajstić information content (AvgIpc) is 2.74. The topological polar surface area (TPSA) is 49.4 Å². The van der Waals surface area contributed by atoms with Gasteiger partial charge in [-0.15, -0.1) is 0 Å². The van der Waals surface area contributed by atoms with Crippen molar-refractivity contribution >= 4 is 35.0 Å². The van der Waals surface area contributed by atoms with Crippen molar-refractivity contribution in [3.05, 3.63) is 69.2 Å². The van der Waals surface area contributed by atoms with Gasteiger partial charge in [-0.05, 0) is 44.4 Å². The Hall–Kier alpha value is -2.04. The summed E-state index contributed by atoms with van der Waals surface area (Å²) in [5.74, 6) is -0.263. The van der Waals surface area contributed by atoms with Gasteiger partial charge in [-0.2, -0.15) is 0 Å². The number of nitrogens with one attached hydrogen (secondary N) is 1. The monoisotopic (exact) mass is 460 g/mol. The van der Waals surface area contributed by atoms with E-state index in [9.17, 15) is 9.59 Å². The zero-order valence-electron chi connectivity index (χ0n) is 18.2. The number of hydrogen-bond acceptors (Lipinski definition) is 2. The number of amides is 2. The van der Waals surface area contributed by atoms with E-state index in [4.69, 9.17) is 23.2 Å². The minimum Gasteiger partial charge on any atom is -0.352 e. The van der Waals surface area contributed by atoms with Gasteiger partial charge in [0.15, 0.2) is 0 Å². The van der Waals surface area contributed by atoms with Gasteiger partial charge in [0.1, 0.15) is 6.04 Å². The molecule has 6 heteroatoms. The Labute approximate surface area is 194 Å². The smallest absolute Gasteiger partial charge is 0.242 e. The number of benzene rings is 2. The van der Waals surface area contributed by atoms with E-state index in [0.29, 0.717) is 15.6 Å². The molecule has 0 saturated heterocycles. The van der Waals surface area contributed by atoms with Gasteiger partial charge in [0.2, 0.25) is 11.8 Å². The van der Waals surface area contributed by atoms with Crippen LogP contribution in [0.4, 0.5) is 0 Å². The summed E-state index contributed by atoms with van der Waals surface area (Å²) in [5, 5.41) is 4.12. The molecule has 0 bridgehead atoms. The van der Waals surface area contributed by atoms with Crippen molar-refractivity contribution in [2.75, 3.05) is 0 Å². The number of carbonyl (C=O) groups is 2. The molecule has 1 fully saturated rings. The zero-order valence-corrected chi connectivity index (χ0v) is 19.7. The van der Waals surface area contributed by atoms with E-state index >= 15 is 0 Å². The molecule has 2 aromatic carbocycles. The predicted molar refractivity (Wildman–Crippen MR) is 126 cm³/mol. The van der Waals surface area contributed by atoms with Gasteiger partial charge in [-0.25, -0.2) is 0 Å². The van der Waals surface area contributed by atoms with E-state index in [1.54, 1.807) is 30.0 Å². The van der Waals surface area contributed by atoms with Crippen LogP contribution < -0.4 is 5.32 Å². The molecule has 2 amide bonds. The molecule has 0 spiro atoms. The second-order valence-corrected chi connectivity index (χ2v) is 9.22. The van der Waals surface area contributed by atoms with Crippen LogP contribution in [0.1, 0.15) is 55.7 Å². The fourth-order valence-electron chi connectivity index (χ4n) is 4.10. The third-order valence-electron chi connectivity index (χ3n) is 5.95. The van der Waals surface area contributed by atoms with E-state index in [0.717, 1.165) is 36.8 Å². The normalized spacial score (nSPS) is 15.4. The van der Waals surface area contributed by atoms with Crippen LogP contribution in [0.3, 0.4) is 0 Å². The van der Waals surface area contributed by atoms with Gasteiger partial charge in [0.05, 0.1) is 6.42 Å². The molecule has 0 aliphatic heterocycles. The summed E-state index contributed by atoms with van der Waals surface area (Å²) in [6.45, 7) is 3.95. The summed E-state index contributed by atoms with van der Waals surface area (Å²) in [5.41, 5.74) is 2.66. The summed E-state index contributed by atoms with van der Waals surface area (Å²) >= 11 is 12.8. The summed E-state index contributed by atoms with van der Waals surface area (Å²) in [4.78, 5) is 28.0. The lowest BCUT2D eigenvalue weighted by atomic mass is 9.95. The van der Waals surface area contributed by atoms with Gasteiger partial charge in [-0.3, -0.25) is 9.59 Å². The summed E-state index contributed by atoms with van der Waals surface area (Å²) in [7, 11) is 0. The maximum absolute atomic E-state index is 13.3. The van der Waals surface area contributed by atoms with Crippen LogP contribution in [0.25, 0.3) is 0 Å². The van der Waals surface area contributed by atoms with Crippen molar-refractivity contribution in [1.82, 2.24) is 10.2 Å². The van der Waals surface area contributed by atoms with Crippen LogP contribution in [-0.2, 0) is 22.6 Å². The van der Waals surface area contributed by atoms with Crippen molar-refractivity contribution in [2.24, 2.45) is 0 Å². The van der Waals surface area contributed by atoms with Crippen molar-refractivity contribution in [2.45, 2.75) is 71.0 Å². The summed E-state index contributed by atoms with van der Waals surface area (Å²) in [6.07, 6.45) is 5.67. The number of nitrogens with zero attached hydrogens (tertiary/aromatic N) is 1. The highest BCUT2D eigenvalue weighted by molar-refractivity contribution is 6.36. The second kappa shape index (κ2) is 11.0. The molecule has 0 radical (unpaired) electrons. The Morgan fingerprint density at radius 3 is 2.35 bits per heavy atom. The molecule has 0 heterocycles. The largest absolute Gasteiger partial charge is 0.352 e. The minimum absolute atomic E-state index is 0.132. The van der Waals surface area contributed by atoms with Gasteiger partial charge in [0.25, 0.3) is 0 Å². The average molecular weight is 461 g/mol. The van der Waals surface area contributed by atoms with E-state index in [1.165, 1.54) is 6.42 Å². The highest BCUT2D eigenvalue weighted by Gasteiger charge is 2.29. The van der Waals surface area contributed by atoms with Gasteiger partial charge in [-0.1, -0.05) is 78.4 Å². The van der Waals surface area contributed by atoms with Crippen molar-refractivity contribution in [1.29, 1.82) is 0 Å². The van der Waals surface area contributed by atoms with Gasteiger partial charge < -0.3 is 10.2 Å². The summed E-state index contributed by atoms with van der Waals surface area (Å²) < 4.78 is 0. The first-order valence-corrected chi connectivity index (χ1v) is 11.7. The standard InChI is InChI=1S/C25H30Cl2N2O2/c1-17-8-6-9-19(14-17)15-24(30)29(16-21-22(26)12-7-13-23(21)27)18(2)25(31)28-20-10-4-3-5-11-20/h6-9,12-14,18,20H,3-5,10-11,15-16H2,1-2H3,(H,28,31). The van der Waals surface area contributed by atoms with Crippen LogP contribution in [-0.4, -0.2) is 28.8 Å². The van der Waals surface area contributed by atoms with Gasteiger partial charge >= 0.3 is 0 Å². The molecule has 3 rings (SSSR count). The Bertz CT molecular complexity index is 905. The molecule has 0 aromatic heterocycles. The Morgan fingerprint density at radius 1 is 1.06 bits per heavy atom. The fraction of sp³-hybridized carbons (Fsp3) is 0.440. The van der Waals surface area contributed by atoms with Crippen LogP contribution in [0.15, 0.2) is 42.5 Å². The predicted octanol–water partition coefficient (Wildman–Crippen LogP) is 5.71. The van der Waals surface area contributed by atoms with Crippen molar-refractivity contribution in [3.63, 3.8) is 0 Å². The first kappa shape index (κ1) is 23.6. The molecule has 31 heavy (non-hydrogen) atoms.